The lowest BCUT2D eigenvalue weighted by Crippen LogP contribution is -2.05. The Morgan fingerprint density at radius 1 is 1.17 bits per heavy atom. The molecule has 0 aliphatic carbocycles. The van der Waals surface area contributed by atoms with Crippen LogP contribution >= 0.6 is 11.6 Å². The number of hydrogen-bond acceptors (Lipinski definition) is 1. The zero-order chi connectivity index (χ0) is 12.7. The van der Waals surface area contributed by atoms with Gasteiger partial charge in [-0.2, -0.15) is 0 Å². The van der Waals surface area contributed by atoms with Gasteiger partial charge in [-0.15, -0.1) is 0 Å². The summed E-state index contributed by atoms with van der Waals surface area (Å²) in [5, 5.41) is 3.71. The van der Waals surface area contributed by atoms with Crippen molar-refractivity contribution in [1.29, 1.82) is 0 Å². The molecule has 92 valence electrons. The predicted octanol–water partition coefficient (Wildman–Crippen LogP) is 4.33. The molecule has 2 aromatic rings. The molecule has 1 unspecified atom stereocenters. The number of rotatable bonds is 1. The lowest BCUT2D eigenvalue weighted by atomic mass is 10.0. The number of halogens is 3. The van der Waals surface area contributed by atoms with Crippen molar-refractivity contribution in [3.05, 3.63) is 64.2 Å². The molecule has 1 aliphatic heterocycles. The number of benzene rings is 2. The predicted molar refractivity (Wildman–Crippen MR) is 67.9 cm³/mol. The van der Waals surface area contributed by atoms with Crippen LogP contribution in [0.5, 0.6) is 0 Å². The van der Waals surface area contributed by atoms with Gasteiger partial charge in [-0.25, -0.2) is 8.78 Å². The number of hydrogen-bond donors (Lipinski definition) is 1. The molecule has 18 heavy (non-hydrogen) atoms. The van der Waals surface area contributed by atoms with E-state index >= 15 is 0 Å². The van der Waals surface area contributed by atoms with Crippen LogP contribution in [-0.4, -0.2) is 0 Å². The first-order valence-electron chi connectivity index (χ1n) is 5.63. The molecule has 1 N–H and O–H groups in total. The summed E-state index contributed by atoms with van der Waals surface area (Å²) >= 11 is 5.93. The van der Waals surface area contributed by atoms with Gasteiger partial charge in [0.1, 0.15) is 11.6 Å². The SMILES string of the molecule is Fc1cc(F)c2c(c1)CC(c1cccc(Cl)c1)N2. The number of fused-ring (bicyclic) bond motifs is 1. The molecule has 0 radical (unpaired) electrons. The maximum atomic E-state index is 13.6. The molecule has 2 aromatic carbocycles. The Kier molecular flexibility index (Phi) is 2.71. The topological polar surface area (TPSA) is 12.0 Å². The van der Waals surface area contributed by atoms with Crippen LogP contribution in [-0.2, 0) is 6.42 Å². The summed E-state index contributed by atoms with van der Waals surface area (Å²) in [5.41, 5.74) is 2.03. The van der Waals surface area contributed by atoms with E-state index in [9.17, 15) is 8.78 Å². The van der Waals surface area contributed by atoms with E-state index in [0.717, 1.165) is 11.6 Å². The molecule has 1 heterocycles. The summed E-state index contributed by atoms with van der Waals surface area (Å²) < 4.78 is 26.7. The van der Waals surface area contributed by atoms with Crippen molar-refractivity contribution in [1.82, 2.24) is 0 Å². The minimum absolute atomic E-state index is 0.0602. The summed E-state index contributed by atoms with van der Waals surface area (Å²) in [6.07, 6.45) is 0.560. The van der Waals surface area contributed by atoms with E-state index < -0.39 is 11.6 Å². The Labute approximate surface area is 108 Å². The summed E-state index contributed by atoms with van der Waals surface area (Å²) in [4.78, 5) is 0. The molecule has 0 bridgehead atoms. The molecule has 3 rings (SSSR count). The maximum absolute atomic E-state index is 13.6. The van der Waals surface area contributed by atoms with E-state index in [1.165, 1.54) is 6.07 Å². The zero-order valence-corrected chi connectivity index (χ0v) is 10.1. The highest BCUT2D eigenvalue weighted by molar-refractivity contribution is 6.30. The number of anilines is 1. The van der Waals surface area contributed by atoms with Gasteiger partial charge in [0.15, 0.2) is 0 Å². The van der Waals surface area contributed by atoms with Gasteiger partial charge in [0.05, 0.1) is 11.7 Å². The van der Waals surface area contributed by atoms with Crippen LogP contribution in [0, 0.1) is 11.6 Å². The number of nitrogens with one attached hydrogen (secondary N) is 1. The Bertz CT molecular complexity index is 613. The molecular formula is C14H10ClF2N. The summed E-state index contributed by atoms with van der Waals surface area (Å²) in [5.74, 6) is -1.09. The van der Waals surface area contributed by atoms with Crippen LogP contribution in [0.1, 0.15) is 17.2 Å². The van der Waals surface area contributed by atoms with E-state index in [1.54, 1.807) is 6.07 Å². The fourth-order valence-corrected chi connectivity index (χ4v) is 2.52. The molecule has 1 aliphatic rings. The zero-order valence-electron chi connectivity index (χ0n) is 9.38. The summed E-state index contributed by atoms with van der Waals surface area (Å²) in [6.45, 7) is 0. The van der Waals surface area contributed by atoms with Crippen molar-refractivity contribution in [2.45, 2.75) is 12.5 Å². The Morgan fingerprint density at radius 2 is 2.00 bits per heavy atom. The van der Waals surface area contributed by atoms with Crippen molar-refractivity contribution in [2.75, 3.05) is 5.32 Å². The first-order valence-corrected chi connectivity index (χ1v) is 6.01. The molecule has 0 saturated heterocycles. The second kappa shape index (κ2) is 4.25. The van der Waals surface area contributed by atoms with E-state index in [-0.39, 0.29) is 6.04 Å². The van der Waals surface area contributed by atoms with E-state index in [0.29, 0.717) is 22.7 Å². The molecule has 0 amide bonds. The minimum atomic E-state index is -0.547. The third kappa shape index (κ3) is 1.95. The van der Waals surface area contributed by atoms with Crippen molar-refractivity contribution in [3.8, 4) is 0 Å². The minimum Gasteiger partial charge on any atom is -0.375 e. The Hall–Kier alpha value is -1.61. The molecule has 0 spiro atoms. The van der Waals surface area contributed by atoms with E-state index in [1.807, 2.05) is 18.2 Å². The maximum Gasteiger partial charge on any atom is 0.149 e. The van der Waals surface area contributed by atoms with E-state index in [2.05, 4.69) is 5.32 Å². The first kappa shape index (κ1) is 11.5. The monoisotopic (exact) mass is 265 g/mol. The van der Waals surface area contributed by atoms with Crippen LogP contribution in [0.25, 0.3) is 0 Å². The molecule has 0 fully saturated rings. The highest BCUT2D eigenvalue weighted by Gasteiger charge is 2.25. The molecular weight excluding hydrogens is 256 g/mol. The van der Waals surface area contributed by atoms with Crippen molar-refractivity contribution < 1.29 is 8.78 Å². The Balaban J connectivity index is 1.96. The van der Waals surface area contributed by atoms with Gasteiger partial charge >= 0.3 is 0 Å². The fraction of sp³-hybridized carbons (Fsp3) is 0.143. The quantitative estimate of drug-likeness (QED) is 0.809. The smallest absolute Gasteiger partial charge is 0.149 e. The second-order valence-corrected chi connectivity index (χ2v) is 4.81. The van der Waals surface area contributed by atoms with Crippen LogP contribution in [0.15, 0.2) is 36.4 Å². The van der Waals surface area contributed by atoms with Crippen molar-refractivity contribution in [3.63, 3.8) is 0 Å². The largest absolute Gasteiger partial charge is 0.375 e. The van der Waals surface area contributed by atoms with Crippen LogP contribution < -0.4 is 5.32 Å². The lowest BCUT2D eigenvalue weighted by molar-refractivity contribution is 0.585. The average Bonchev–Trinajstić information content (AvgIpc) is 2.73. The summed E-state index contributed by atoms with van der Waals surface area (Å²) in [7, 11) is 0. The van der Waals surface area contributed by atoms with Gasteiger partial charge in [-0.05, 0) is 35.7 Å². The van der Waals surface area contributed by atoms with Crippen LogP contribution in [0.4, 0.5) is 14.5 Å². The van der Waals surface area contributed by atoms with E-state index in [4.69, 9.17) is 11.6 Å². The first-order chi connectivity index (χ1) is 8.63. The molecule has 0 saturated carbocycles. The Morgan fingerprint density at radius 3 is 2.78 bits per heavy atom. The normalized spacial score (nSPS) is 17.4. The molecule has 0 aromatic heterocycles. The fourth-order valence-electron chi connectivity index (χ4n) is 2.32. The molecule has 4 heteroatoms. The molecule has 1 nitrogen and oxygen atoms in total. The van der Waals surface area contributed by atoms with Crippen LogP contribution in [0.3, 0.4) is 0 Å². The summed E-state index contributed by atoms with van der Waals surface area (Å²) in [6, 6.07) is 9.59. The standard InChI is InChI=1S/C14H10ClF2N/c15-10-3-1-2-8(4-10)13-6-9-5-11(16)7-12(17)14(9)18-13/h1-5,7,13,18H,6H2. The lowest BCUT2D eigenvalue weighted by Gasteiger charge is -2.11. The van der Waals surface area contributed by atoms with Crippen LogP contribution in [0.2, 0.25) is 5.02 Å². The van der Waals surface area contributed by atoms with Crippen molar-refractivity contribution >= 4 is 17.3 Å². The van der Waals surface area contributed by atoms with Gasteiger partial charge in [-0.1, -0.05) is 23.7 Å². The third-order valence-corrected chi connectivity index (χ3v) is 3.37. The molecule has 1 atom stereocenters. The van der Waals surface area contributed by atoms with Gasteiger partial charge < -0.3 is 5.32 Å². The van der Waals surface area contributed by atoms with Gasteiger partial charge in [0.25, 0.3) is 0 Å². The highest BCUT2D eigenvalue weighted by atomic mass is 35.5. The second-order valence-electron chi connectivity index (χ2n) is 4.38. The highest BCUT2D eigenvalue weighted by Crippen LogP contribution is 2.36. The van der Waals surface area contributed by atoms with Gasteiger partial charge in [0.2, 0.25) is 0 Å². The third-order valence-electron chi connectivity index (χ3n) is 3.13. The van der Waals surface area contributed by atoms with Crippen molar-refractivity contribution in [2.24, 2.45) is 0 Å². The average molecular weight is 266 g/mol. The van der Waals surface area contributed by atoms with Gasteiger partial charge in [0, 0.05) is 11.1 Å². The van der Waals surface area contributed by atoms with Gasteiger partial charge in [-0.3, -0.25) is 0 Å².